The van der Waals surface area contributed by atoms with E-state index in [0.29, 0.717) is 28.5 Å². The van der Waals surface area contributed by atoms with Gasteiger partial charge in [0.15, 0.2) is 22.6 Å². The number of hydrogen-bond acceptors (Lipinski definition) is 6. The van der Waals surface area contributed by atoms with E-state index in [2.05, 4.69) is 4.98 Å². The van der Waals surface area contributed by atoms with Gasteiger partial charge in [0.25, 0.3) is 5.56 Å². The van der Waals surface area contributed by atoms with E-state index in [1.54, 1.807) is 31.4 Å². The van der Waals surface area contributed by atoms with Crippen molar-refractivity contribution in [3.05, 3.63) is 106 Å². The number of aryl methyl sites for hydroxylation is 1. The molecule has 0 aliphatic heterocycles. The Balaban J connectivity index is 1.55. The summed E-state index contributed by atoms with van der Waals surface area (Å²) >= 11 is 0. The maximum absolute atomic E-state index is 13.3. The molecule has 0 fully saturated rings. The van der Waals surface area contributed by atoms with E-state index in [1.807, 2.05) is 37.3 Å². The minimum Gasteiger partial charge on any atom is -0.505 e. The summed E-state index contributed by atoms with van der Waals surface area (Å²) < 4.78 is 12.4. The first-order valence-corrected chi connectivity index (χ1v) is 10.6. The summed E-state index contributed by atoms with van der Waals surface area (Å²) in [7, 11) is 1.57. The van der Waals surface area contributed by atoms with Crippen molar-refractivity contribution in [3.63, 3.8) is 0 Å². The first-order valence-electron chi connectivity index (χ1n) is 10.6. The maximum Gasteiger partial charge on any atom is 0.255 e. The van der Waals surface area contributed by atoms with Gasteiger partial charge in [0, 0.05) is 29.1 Å². The fourth-order valence-electron chi connectivity index (χ4n) is 3.73. The second-order valence-electron chi connectivity index (χ2n) is 7.85. The first-order chi connectivity index (χ1) is 16.4. The van der Waals surface area contributed by atoms with E-state index < -0.39 is 5.78 Å². The molecule has 7 nitrogen and oxygen atoms in total. The summed E-state index contributed by atoms with van der Waals surface area (Å²) in [6.45, 7) is 1.95. The Bertz CT molecular complexity index is 1600. The Labute approximate surface area is 194 Å². The van der Waals surface area contributed by atoms with E-state index in [0.717, 1.165) is 5.56 Å². The smallest absolute Gasteiger partial charge is 0.255 e. The first kappa shape index (κ1) is 21.2. The number of fused-ring (bicyclic) bond motifs is 1. The largest absolute Gasteiger partial charge is 0.505 e. The molecule has 0 radical (unpaired) electrons. The minimum atomic E-state index is -0.439. The molecule has 0 saturated carbocycles. The number of aromatic hydroxyl groups is 1. The molecule has 0 atom stereocenters. The number of benzene rings is 3. The van der Waals surface area contributed by atoms with Crippen LogP contribution in [0.1, 0.15) is 21.5 Å². The van der Waals surface area contributed by atoms with Crippen LogP contribution in [-0.2, 0) is 0 Å². The number of rotatable bonds is 5. The Kier molecular flexibility index (Phi) is 5.22. The van der Waals surface area contributed by atoms with E-state index in [9.17, 15) is 14.7 Å². The highest BCUT2D eigenvalue weighted by molar-refractivity contribution is 6.12. The highest BCUT2D eigenvalue weighted by Gasteiger charge is 2.20. The zero-order valence-corrected chi connectivity index (χ0v) is 18.5. The van der Waals surface area contributed by atoms with E-state index in [-0.39, 0.29) is 28.0 Å². The van der Waals surface area contributed by atoms with Gasteiger partial charge in [0.1, 0.15) is 5.75 Å². The number of pyridine rings is 1. The molecule has 0 spiro atoms. The second kappa shape index (κ2) is 8.37. The number of phenols is 1. The lowest BCUT2D eigenvalue weighted by atomic mass is 10.0. The van der Waals surface area contributed by atoms with Crippen molar-refractivity contribution in [2.24, 2.45) is 0 Å². The van der Waals surface area contributed by atoms with E-state index in [1.165, 1.54) is 29.0 Å². The molecular weight excluding hydrogens is 432 g/mol. The summed E-state index contributed by atoms with van der Waals surface area (Å²) in [5.41, 5.74) is 2.95. The molecule has 7 heteroatoms. The predicted octanol–water partition coefficient (Wildman–Crippen LogP) is 4.90. The second-order valence-corrected chi connectivity index (χ2v) is 7.85. The lowest BCUT2D eigenvalue weighted by molar-refractivity contribution is 0.103. The van der Waals surface area contributed by atoms with E-state index in [4.69, 9.17) is 9.15 Å². The van der Waals surface area contributed by atoms with Crippen molar-refractivity contribution in [1.82, 2.24) is 9.55 Å². The fraction of sp³-hybridized carbons (Fsp3) is 0.0741. The Morgan fingerprint density at radius 2 is 1.82 bits per heavy atom. The van der Waals surface area contributed by atoms with Gasteiger partial charge >= 0.3 is 0 Å². The van der Waals surface area contributed by atoms with Crippen molar-refractivity contribution in [1.29, 1.82) is 0 Å². The summed E-state index contributed by atoms with van der Waals surface area (Å²) in [4.78, 5) is 30.1. The van der Waals surface area contributed by atoms with Gasteiger partial charge in [0.2, 0.25) is 5.89 Å². The lowest BCUT2D eigenvalue weighted by Crippen LogP contribution is -2.18. The standard InChI is InChI=1S/C27H20N2O5/c1-16-6-9-19(10-7-16)29-15-18(8-13-23(29)30)25(31)21-11-12-22-24(26(21)32)28-27(34-22)17-4-3-5-20(14-17)33-2/h3-15,32H,1-2H3. The highest BCUT2D eigenvalue weighted by Crippen LogP contribution is 2.34. The highest BCUT2D eigenvalue weighted by atomic mass is 16.5. The van der Waals surface area contributed by atoms with Gasteiger partial charge in [-0.1, -0.05) is 23.8 Å². The number of carbonyl (C=O) groups excluding carboxylic acids is 1. The molecular formula is C27H20N2O5. The van der Waals surface area contributed by atoms with Gasteiger partial charge in [0.05, 0.1) is 12.7 Å². The summed E-state index contributed by atoms with van der Waals surface area (Å²) in [6.07, 6.45) is 1.48. The van der Waals surface area contributed by atoms with Crippen LogP contribution >= 0.6 is 0 Å². The number of carbonyl (C=O) groups is 1. The van der Waals surface area contributed by atoms with Crippen molar-refractivity contribution < 1.29 is 19.1 Å². The normalized spacial score (nSPS) is 11.0. The summed E-state index contributed by atoms with van der Waals surface area (Å²) in [5, 5.41) is 10.9. The number of oxazole rings is 1. The summed E-state index contributed by atoms with van der Waals surface area (Å²) in [5.74, 6) is 0.213. The Hall–Kier alpha value is -4.65. The quantitative estimate of drug-likeness (QED) is 0.381. The summed E-state index contributed by atoms with van der Waals surface area (Å²) in [6, 6.07) is 20.4. The fourth-order valence-corrected chi connectivity index (χ4v) is 3.73. The molecule has 5 aromatic rings. The van der Waals surface area contributed by atoms with Crippen LogP contribution < -0.4 is 10.3 Å². The topological polar surface area (TPSA) is 94.6 Å². The molecule has 0 aliphatic carbocycles. The number of nitrogens with zero attached hydrogens (tertiary/aromatic N) is 2. The molecule has 0 aliphatic rings. The number of methoxy groups -OCH3 is 1. The van der Waals surface area contributed by atoms with Gasteiger partial charge in [-0.15, -0.1) is 0 Å². The molecule has 1 N–H and O–H groups in total. The van der Waals surface area contributed by atoms with Gasteiger partial charge in [-0.25, -0.2) is 4.98 Å². The van der Waals surface area contributed by atoms with E-state index >= 15 is 0 Å². The van der Waals surface area contributed by atoms with Crippen molar-refractivity contribution in [2.75, 3.05) is 7.11 Å². The Morgan fingerprint density at radius 1 is 1.03 bits per heavy atom. The third-order valence-electron chi connectivity index (χ3n) is 5.58. The number of hydrogen-bond donors (Lipinski definition) is 1. The van der Waals surface area contributed by atoms with Gasteiger partial charge in [-0.2, -0.15) is 0 Å². The number of ether oxygens (including phenoxy) is 1. The maximum atomic E-state index is 13.3. The molecule has 3 aromatic carbocycles. The monoisotopic (exact) mass is 452 g/mol. The molecule has 2 heterocycles. The molecule has 2 aromatic heterocycles. The molecule has 168 valence electrons. The molecule has 0 unspecified atom stereocenters. The zero-order chi connectivity index (χ0) is 23.8. The average molecular weight is 452 g/mol. The average Bonchev–Trinajstić information content (AvgIpc) is 3.30. The van der Waals surface area contributed by atoms with Crippen LogP contribution in [0.4, 0.5) is 0 Å². The predicted molar refractivity (Wildman–Crippen MR) is 128 cm³/mol. The van der Waals surface area contributed by atoms with Crippen molar-refractivity contribution in [3.8, 4) is 28.6 Å². The Morgan fingerprint density at radius 3 is 2.59 bits per heavy atom. The third kappa shape index (κ3) is 3.73. The molecule has 5 rings (SSSR count). The molecule has 0 bridgehead atoms. The van der Waals surface area contributed by atoms with Crippen LogP contribution in [0.3, 0.4) is 0 Å². The van der Waals surface area contributed by atoms with Crippen LogP contribution in [-0.4, -0.2) is 27.6 Å². The zero-order valence-electron chi connectivity index (χ0n) is 18.5. The van der Waals surface area contributed by atoms with Crippen LogP contribution in [0.5, 0.6) is 11.5 Å². The van der Waals surface area contributed by atoms with Crippen LogP contribution in [0.25, 0.3) is 28.2 Å². The van der Waals surface area contributed by atoms with Crippen LogP contribution in [0, 0.1) is 6.92 Å². The van der Waals surface area contributed by atoms with Gasteiger partial charge in [-0.3, -0.25) is 14.2 Å². The SMILES string of the molecule is COc1cccc(-c2nc3c(O)c(C(=O)c4ccc(=O)n(-c5ccc(C)cc5)c4)ccc3o2)c1. The van der Waals surface area contributed by atoms with Crippen molar-refractivity contribution >= 4 is 16.9 Å². The number of aromatic nitrogens is 2. The molecule has 34 heavy (non-hydrogen) atoms. The molecule has 0 amide bonds. The van der Waals surface area contributed by atoms with Crippen LogP contribution in [0.2, 0.25) is 0 Å². The van der Waals surface area contributed by atoms with Crippen molar-refractivity contribution in [2.45, 2.75) is 6.92 Å². The molecule has 0 saturated heterocycles. The number of ketones is 1. The number of phenolic OH excluding ortho intramolecular Hbond substituents is 1. The minimum absolute atomic E-state index is 0.0621. The third-order valence-corrected chi connectivity index (χ3v) is 5.58. The van der Waals surface area contributed by atoms with Crippen LogP contribution in [0.15, 0.2) is 88.2 Å². The van der Waals surface area contributed by atoms with Gasteiger partial charge < -0.3 is 14.3 Å². The van der Waals surface area contributed by atoms with Gasteiger partial charge in [-0.05, 0) is 55.5 Å². The lowest BCUT2D eigenvalue weighted by Gasteiger charge is -2.09.